The topological polar surface area (TPSA) is 68.7 Å². The number of furan rings is 2. The first kappa shape index (κ1) is 17.6. The predicted molar refractivity (Wildman–Crippen MR) is 112 cm³/mol. The molecule has 2 N–H and O–H groups in total. The van der Waals surface area contributed by atoms with Gasteiger partial charge in [-0.3, -0.25) is 5.32 Å². The molecule has 0 fully saturated rings. The summed E-state index contributed by atoms with van der Waals surface area (Å²) in [6.07, 6.45) is 5.28. The van der Waals surface area contributed by atoms with Crippen LogP contribution >= 0.6 is 0 Å². The van der Waals surface area contributed by atoms with E-state index in [0.29, 0.717) is 5.92 Å². The summed E-state index contributed by atoms with van der Waals surface area (Å²) in [4.78, 5) is 8.89. The molecule has 1 atom stereocenters. The molecule has 144 valence electrons. The van der Waals surface area contributed by atoms with E-state index in [1.54, 1.807) is 12.6 Å². The van der Waals surface area contributed by atoms with E-state index in [2.05, 4.69) is 45.6 Å². The first-order valence-electron chi connectivity index (χ1n) is 9.91. The molecule has 0 bridgehead atoms. The zero-order valence-corrected chi connectivity index (χ0v) is 16.0. The summed E-state index contributed by atoms with van der Waals surface area (Å²) in [5.41, 5.74) is 3.78. The molecule has 0 spiro atoms. The van der Waals surface area contributed by atoms with Crippen molar-refractivity contribution in [3.63, 3.8) is 0 Å². The Morgan fingerprint density at radius 2 is 1.76 bits per heavy atom. The second-order valence-corrected chi connectivity index (χ2v) is 7.22. The van der Waals surface area contributed by atoms with E-state index in [1.807, 2.05) is 36.4 Å². The van der Waals surface area contributed by atoms with Gasteiger partial charge in [0.1, 0.15) is 23.2 Å². The SMILES string of the molecule is c1ccc(CC(CC[NH2+]c2ncnc3c2oc2ccccc23)c2ccco2)cc1. The van der Waals surface area contributed by atoms with Crippen LogP contribution in [0.3, 0.4) is 0 Å². The summed E-state index contributed by atoms with van der Waals surface area (Å²) in [5.74, 6) is 2.19. The first-order valence-corrected chi connectivity index (χ1v) is 9.91. The number of nitrogens with two attached hydrogens (primary N) is 1. The first-order chi connectivity index (χ1) is 14.4. The van der Waals surface area contributed by atoms with Crippen molar-refractivity contribution >= 4 is 27.9 Å². The van der Waals surface area contributed by atoms with E-state index in [4.69, 9.17) is 8.83 Å². The minimum atomic E-state index is 0.316. The van der Waals surface area contributed by atoms with Gasteiger partial charge < -0.3 is 8.83 Å². The third kappa shape index (κ3) is 3.65. The maximum Gasteiger partial charge on any atom is 0.271 e. The van der Waals surface area contributed by atoms with Crippen LogP contribution in [0.15, 0.2) is 88.2 Å². The molecular formula is C24H22N3O2+. The summed E-state index contributed by atoms with van der Waals surface area (Å²) < 4.78 is 11.8. The van der Waals surface area contributed by atoms with Crippen LogP contribution in [0.25, 0.3) is 22.1 Å². The van der Waals surface area contributed by atoms with Gasteiger partial charge in [-0.15, -0.1) is 0 Å². The van der Waals surface area contributed by atoms with E-state index < -0.39 is 0 Å². The third-order valence-electron chi connectivity index (χ3n) is 5.31. The molecule has 0 saturated carbocycles. The molecule has 0 aliphatic rings. The smallest absolute Gasteiger partial charge is 0.271 e. The Morgan fingerprint density at radius 1 is 0.897 bits per heavy atom. The maximum atomic E-state index is 6.03. The van der Waals surface area contributed by atoms with E-state index in [0.717, 1.165) is 53.0 Å². The fourth-order valence-corrected chi connectivity index (χ4v) is 3.87. The average molecular weight is 384 g/mol. The Balaban J connectivity index is 1.35. The number of para-hydroxylation sites is 1. The Bertz CT molecular complexity index is 1210. The van der Waals surface area contributed by atoms with Crippen LogP contribution < -0.4 is 5.32 Å². The summed E-state index contributed by atoms with van der Waals surface area (Å²) in [7, 11) is 0. The molecule has 0 saturated heterocycles. The summed E-state index contributed by atoms with van der Waals surface area (Å²) in [6.45, 7) is 0.876. The van der Waals surface area contributed by atoms with Gasteiger partial charge in [0.05, 0.1) is 12.8 Å². The maximum absolute atomic E-state index is 6.03. The largest absolute Gasteiger partial charge is 0.469 e. The van der Waals surface area contributed by atoms with Gasteiger partial charge in [-0.25, -0.2) is 4.98 Å². The zero-order valence-electron chi connectivity index (χ0n) is 16.0. The van der Waals surface area contributed by atoms with Crippen molar-refractivity contribution in [2.45, 2.75) is 18.8 Å². The Morgan fingerprint density at radius 3 is 2.62 bits per heavy atom. The Hall–Kier alpha value is -3.44. The minimum Gasteiger partial charge on any atom is -0.469 e. The quantitative estimate of drug-likeness (QED) is 0.446. The number of benzene rings is 2. The molecule has 3 aromatic heterocycles. The lowest BCUT2D eigenvalue weighted by molar-refractivity contribution is -0.574. The molecule has 5 heteroatoms. The fraction of sp³-hybridized carbons (Fsp3) is 0.167. The van der Waals surface area contributed by atoms with Gasteiger partial charge in [0.25, 0.3) is 5.82 Å². The van der Waals surface area contributed by atoms with E-state index >= 15 is 0 Å². The number of hydrogen-bond acceptors (Lipinski definition) is 4. The summed E-state index contributed by atoms with van der Waals surface area (Å²) >= 11 is 0. The molecule has 0 amide bonds. The molecule has 29 heavy (non-hydrogen) atoms. The van der Waals surface area contributed by atoms with Gasteiger partial charge in [-0.05, 0) is 36.2 Å². The second kappa shape index (κ2) is 7.89. The second-order valence-electron chi connectivity index (χ2n) is 7.22. The number of fused-ring (bicyclic) bond motifs is 3. The molecule has 0 radical (unpaired) electrons. The van der Waals surface area contributed by atoms with E-state index in [-0.39, 0.29) is 0 Å². The van der Waals surface area contributed by atoms with Gasteiger partial charge in [-0.1, -0.05) is 42.5 Å². The van der Waals surface area contributed by atoms with Crippen LogP contribution in [0.5, 0.6) is 0 Å². The van der Waals surface area contributed by atoms with Crippen LogP contribution in [0.2, 0.25) is 0 Å². The standard InChI is InChI=1S/C24H21N3O2/c1-2-7-17(8-3-1)15-18(20-11-6-14-28-20)12-13-25-24-23-22(26-16-27-24)19-9-4-5-10-21(19)29-23/h1-11,14,16,18H,12-13,15H2,(H,25,26,27)/p+1. The van der Waals surface area contributed by atoms with Gasteiger partial charge in [0.15, 0.2) is 0 Å². The molecule has 0 aliphatic heterocycles. The Labute approximate surface area is 168 Å². The van der Waals surface area contributed by atoms with Gasteiger partial charge >= 0.3 is 0 Å². The van der Waals surface area contributed by atoms with Crippen LogP contribution in [0.1, 0.15) is 23.7 Å². The van der Waals surface area contributed by atoms with Crippen molar-refractivity contribution < 1.29 is 14.2 Å². The van der Waals surface area contributed by atoms with Crippen LogP contribution in [0.4, 0.5) is 5.82 Å². The summed E-state index contributed by atoms with van der Waals surface area (Å²) in [5, 5.41) is 3.17. The van der Waals surface area contributed by atoms with Crippen LogP contribution in [-0.2, 0) is 6.42 Å². The van der Waals surface area contributed by atoms with Gasteiger partial charge in [0.2, 0.25) is 5.58 Å². The van der Waals surface area contributed by atoms with Crippen molar-refractivity contribution in [1.29, 1.82) is 0 Å². The highest BCUT2D eigenvalue weighted by Crippen LogP contribution is 2.29. The number of quaternary nitrogens is 1. The highest BCUT2D eigenvalue weighted by molar-refractivity contribution is 6.04. The number of aromatic nitrogens is 2. The lowest BCUT2D eigenvalue weighted by Crippen LogP contribution is -2.78. The monoisotopic (exact) mass is 384 g/mol. The molecule has 5 nitrogen and oxygen atoms in total. The molecule has 5 rings (SSSR count). The van der Waals surface area contributed by atoms with Crippen molar-refractivity contribution in [3.8, 4) is 0 Å². The molecule has 0 aliphatic carbocycles. The van der Waals surface area contributed by atoms with Crippen molar-refractivity contribution in [3.05, 3.63) is 90.6 Å². The molecular weight excluding hydrogens is 362 g/mol. The van der Waals surface area contributed by atoms with Crippen LogP contribution in [0, 0.1) is 0 Å². The number of nitrogens with zero attached hydrogens (tertiary/aromatic N) is 2. The molecule has 5 aromatic rings. The lowest BCUT2D eigenvalue weighted by atomic mass is 9.94. The normalized spacial score (nSPS) is 12.6. The number of hydrogen-bond donors (Lipinski definition) is 1. The van der Waals surface area contributed by atoms with Gasteiger partial charge in [0, 0.05) is 17.7 Å². The lowest BCUT2D eigenvalue weighted by Gasteiger charge is -2.14. The highest BCUT2D eigenvalue weighted by Gasteiger charge is 2.19. The third-order valence-corrected chi connectivity index (χ3v) is 5.31. The van der Waals surface area contributed by atoms with Crippen LogP contribution in [-0.4, -0.2) is 16.5 Å². The summed E-state index contributed by atoms with van der Waals surface area (Å²) in [6, 6.07) is 22.5. The average Bonchev–Trinajstić information content (AvgIpc) is 3.42. The Kier molecular flexibility index (Phi) is 4.80. The molecule has 1 unspecified atom stereocenters. The van der Waals surface area contributed by atoms with Crippen molar-refractivity contribution in [2.24, 2.45) is 0 Å². The number of rotatable bonds is 7. The highest BCUT2D eigenvalue weighted by atomic mass is 16.3. The van der Waals surface area contributed by atoms with Crippen molar-refractivity contribution in [1.82, 2.24) is 9.97 Å². The van der Waals surface area contributed by atoms with E-state index in [9.17, 15) is 0 Å². The minimum absolute atomic E-state index is 0.316. The van der Waals surface area contributed by atoms with E-state index in [1.165, 1.54) is 5.56 Å². The predicted octanol–water partition coefficient (Wildman–Crippen LogP) is 4.58. The zero-order chi connectivity index (χ0) is 19.5. The fourth-order valence-electron chi connectivity index (χ4n) is 3.87. The van der Waals surface area contributed by atoms with Crippen molar-refractivity contribution in [2.75, 3.05) is 6.54 Å². The molecule has 3 heterocycles. The molecule has 2 aromatic carbocycles. The van der Waals surface area contributed by atoms with Gasteiger partial charge in [-0.2, -0.15) is 4.98 Å².